The predicted octanol–water partition coefficient (Wildman–Crippen LogP) is 2.02. The van der Waals surface area contributed by atoms with E-state index in [2.05, 4.69) is 10.2 Å². The van der Waals surface area contributed by atoms with Gasteiger partial charge in [-0.1, -0.05) is 12.8 Å². The van der Waals surface area contributed by atoms with E-state index in [0.717, 1.165) is 18.5 Å². The second kappa shape index (κ2) is 5.89. The summed E-state index contributed by atoms with van der Waals surface area (Å²) < 4.78 is 5.45. The van der Waals surface area contributed by atoms with E-state index in [-0.39, 0.29) is 0 Å². The molecule has 3 heteroatoms. The lowest BCUT2D eigenvalue weighted by Crippen LogP contribution is -2.42. The number of likely N-dealkylation sites (tertiary alicyclic amines) is 1. The lowest BCUT2D eigenvalue weighted by Gasteiger charge is -2.31. The summed E-state index contributed by atoms with van der Waals surface area (Å²) in [6.45, 7) is 3.63. The van der Waals surface area contributed by atoms with E-state index in [1.165, 1.54) is 58.0 Å². The van der Waals surface area contributed by atoms with E-state index in [1.54, 1.807) is 0 Å². The Morgan fingerprint density at radius 3 is 2.72 bits per heavy atom. The van der Waals surface area contributed by atoms with Crippen molar-refractivity contribution < 1.29 is 4.74 Å². The average Bonchev–Trinajstić information content (AvgIpc) is 3.09. The molecule has 0 radical (unpaired) electrons. The first-order valence-electron chi connectivity index (χ1n) is 7.87. The van der Waals surface area contributed by atoms with Crippen molar-refractivity contribution in [1.29, 1.82) is 0 Å². The Morgan fingerprint density at radius 1 is 1.17 bits per heavy atom. The summed E-state index contributed by atoms with van der Waals surface area (Å²) in [4.78, 5) is 2.78. The molecule has 1 N–H and O–H groups in total. The van der Waals surface area contributed by atoms with Gasteiger partial charge < -0.3 is 10.1 Å². The Morgan fingerprint density at radius 2 is 2.00 bits per heavy atom. The largest absolute Gasteiger partial charge is 0.380 e. The summed E-state index contributed by atoms with van der Waals surface area (Å²) in [6.07, 6.45) is 10.4. The van der Waals surface area contributed by atoms with Gasteiger partial charge >= 0.3 is 0 Å². The highest BCUT2D eigenvalue weighted by molar-refractivity contribution is 4.92. The molecule has 0 aromatic carbocycles. The lowest BCUT2D eigenvalue weighted by atomic mass is 9.95. The second-order valence-corrected chi connectivity index (χ2v) is 6.45. The molecule has 2 aliphatic heterocycles. The van der Waals surface area contributed by atoms with Crippen molar-refractivity contribution in [2.24, 2.45) is 5.92 Å². The Balaban J connectivity index is 1.52. The molecule has 3 aliphatic rings. The minimum absolute atomic E-state index is 0.447. The summed E-state index contributed by atoms with van der Waals surface area (Å²) in [5.74, 6) is 1.01. The monoisotopic (exact) mass is 252 g/mol. The van der Waals surface area contributed by atoms with Crippen LogP contribution in [0.5, 0.6) is 0 Å². The van der Waals surface area contributed by atoms with Gasteiger partial charge in [0.15, 0.2) is 0 Å². The number of rotatable bonds is 4. The van der Waals surface area contributed by atoms with Crippen molar-refractivity contribution in [1.82, 2.24) is 10.2 Å². The number of nitrogens with zero attached hydrogens (tertiary/aromatic N) is 1. The molecule has 3 unspecified atom stereocenters. The SMILES string of the molecule is COC1CNC(CN2CCCC2C2CCCC2)C1. The molecular weight excluding hydrogens is 224 g/mol. The zero-order valence-electron chi connectivity index (χ0n) is 11.7. The molecule has 1 saturated carbocycles. The first-order chi connectivity index (χ1) is 8.86. The molecule has 1 aliphatic carbocycles. The molecule has 0 aromatic heterocycles. The van der Waals surface area contributed by atoms with Gasteiger partial charge in [-0.2, -0.15) is 0 Å². The van der Waals surface area contributed by atoms with Crippen LogP contribution in [-0.4, -0.2) is 49.8 Å². The maximum absolute atomic E-state index is 5.45. The van der Waals surface area contributed by atoms with Crippen LogP contribution in [0, 0.1) is 5.92 Å². The molecule has 0 bridgehead atoms. The minimum Gasteiger partial charge on any atom is -0.380 e. The van der Waals surface area contributed by atoms with Gasteiger partial charge in [-0.3, -0.25) is 4.90 Å². The van der Waals surface area contributed by atoms with Gasteiger partial charge in [-0.15, -0.1) is 0 Å². The third-order valence-electron chi connectivity index (χ3n) is 5.33. The smallest absolute Gasteiger partial charge is 0.0711 e. The third kappa shape index (κ3) is 2.73. The van der Waals surface area contributed by atoms with Gasteiger partial charge in [0.05, 0.1) is 6.10 Å². The van der Waals surface area contributed by atoms with Gasteiger partial charge in [0.25, 0.3) is 0 Å². The number of hydrogen-bond acceptors (Lipinski definition) is 3. The summed E-state index contributed by atoms with van der Waals surface area (Å²) in [5.41, 5.74) is 0. The van der Waals surface area contributed by atoms with Crippen LogP contribution in [-0.2, 0) is 4.74 Å². The molecule has 3 rings (SSSR count). The predicted molar refractivity (Wildman–Crippen MR) is 73.8 cm³/mol. The first kappa shape index (κ1) is 12.9. The van der Waals surface area contributed by atoms with Crippen molar-refractivity contribution in [3.05, 3.63) is 0 Å². The number of methoxy groups -OCH3 is 1. The molecular formula is C15H28N2O. The van der Waals surface area contributed by atoms with Crippen molar-refractivity contribution >= 4 is 0 Å². The van der Waals surface area contributed by atoms with Crippen molar-refractivity contribution in [2.75, 3.05) is 26.7 Å². The second-order valence-electron chi connectivity index (χ2n) is 6.45. The molecule has 3 nitrogen and oxygen atoms in total. The van der Waals surface area contributed by atoms with Gasteiger partial charge in [0.1, 0.15) is 0 Å². The molecule has 2 heterocycles. The number of ether oxygens (including phenoxy) is 1. The Kier molecular flexibility index (Phi) is 4.22. The van der Waals surface area contributed by atoms with E-state index in [4.69, 9.17) is 4.74 Å². The van der Waals surface area contributed by atoms with Gasteiger partial charge in [-0.25, -0.2) is 0 Å². The highest BCUT2D eigenvalue weighted by atomic mass is 16.5. The Labute approximate surface area is 111 Å². The van der Waals surface area contributed by atoms with Crippen molar-refractivity contribution in [2.45, 2.75) is 63.1 Å². The average molecular weight is 252 g/mol. The lowest BCUT2D eigenvalue weighted by molar-refractivity contribution is 0.113. The molecule has 0 spiro atoms. The van der Waals surface area contributed by atoms with Crippen LogP contribution in [0.25, 0.3) is 0 Å². The fourth-order valence-electron chi connectivity index (χ4n) is 4.34. The van der Waals surface area contributed by atoms with Crippen LogP contribution < -0.4 is 5.32 Å². The Hall–Kier alpha value is -0.120. The molecule has 0 amide bonds. The molecule has 3 fully saturated rings. The zero-order chi connectivity index (χ0) is 12.4. The summed E-state index contributed by atoms with van der Waals surface area (Å²) in [6, 6.07) is 1.56. The van der Waals surface area contributed by atoms with Crippen LogP contribution >= 0.6 is 0 Å². The topological polar surface area (TPSA) is 24.5 Å². The van der Waals surface area contributed by atoms with E-state index in [1.807, 2.05) is 7.11 Å². The molecule has 2 saturated heterocycles. The molecule has 0 aromatic rings. The van der Waals surface area contributed by atoms with E-state index in [0.29, 0.717) is 12.1 Å². The fourth-order valence-corrected chi connectivity index (χ4v) is 4.34. The number of nitrogens with one attached hydrogen (secondary N) is 1. The Bertz CT molecular complexity index is 265. The number of hydrogen-bond donors (Lipinski definition) is 1. The highest BCUT2D eigenvalue weighted by Gasteiger charge is 2.35. The van der Waals surface area contributed by atoms with E-state index in [9.17, 15) is 0 Å². The van der Waals surface area contributed by atoms with Gasteiger partial charge in [0, 0.05) is 32.3 Å². The summed E-state index contributed by atoms with van der Waals surface area (Å²) >= 11 is 0. The van der Waals surface area contributed by atoms with Crippen LogP contribution in [0.2, 0.25) is 0 Å². The highest BCUT2D eigenvalue weighted by Crippen LogP contribution is 2.35. The van der Waals surface area contributed by atoms with Crippen LogP contribution in [0.3, 0.4) is 0 Å². The molecule has 3 atom stereocenters. The van der Waals surface area contributed by atoms with Crippen molar-refractivity contribution in [3.63, 3.8) is 0 Å². The summed E-state index contributed by atoms with van der Waals surface area (Å²) in [5, 5.41) is 3.63. The van der Waals surface area contributed by atoms with E-state index >= 15 is 0 Å². The standard InChI is InChI=1S/C15H28N2O/c1-18-14-9-13(16-10-14)11-17-8-4-7-15(17)12-5-2-3-6-12/h12-16H,2-11H2,1H3. The summed E-state index contributed by atoms with van der Waals surface area (Å²) in [7, 11) is 1.84. The van der Waals surface area contributed by atoms with E-state index < -0.39 is 0 Å². The molecule has 104 valence electrons. The third-order valence-corrected chi connectivity index (χ3v) is 5.33. The van der Waals surface area contributed by atoms with Crippen LogP contribution in [0.15, 0.2) is 0 Å². The van der Waals surface area contributed by atoms with Crippen LogP contribution in [0.4, 0.5) is 0 Å². The zero-order valence-corrected chi connectivity index (χ0v) is 11.7. The van der Waals surface area contributed by atoms with Crippen LogP contribution in [0.1, 0.15) is 44.9 Å². The minimum atomic E-state index is 0.447. The quantitative estimate of drug-likeness (QED) is 0.828. The molecule has 18 heavy (non-hydrogen) atoms. The first-order valence-corrected chi connectivity index (χ1v) is 7.87. The maximum Gasteiger partial charge on any atom is 0.0711 e. The fraction of sp³-hybridized carbons (Fsp3) is 1.00. The van der Waals surface area contributed by atoms with Crippen molar-refractivity contribution in [3.8, 4) is 0 Å². The van der Waals surface area contributed by atoms with Gasteiger partial charge in [0.2, 0.25) is 0 Å². The normalized spacial score (nSPS) is 38.8. The van der Waals surface area contributed by atoms with Gasteiger partial charge in [-0.05, 0) is 44.6 Å². The maximum atomic E-state index is 5.45.